The third-order valence-corrected chi connectivity index (χ3v) is 7.18. The van der Waals surface area contributed by atoms with Gasteiger partial charge in [-0.1, -0.05) is 78.9 Å². The van der Waals surface area contributed by atoms with Crippen LogP contribution in [0.25, 0.3) is 33.5 Å². The van der Waals surface area contributed by atoms with Crippen LogP contribution in [-0.4, -0.2) is 11.1 Å². The van der Waals surface area contributed by atoms with Gasteiger partial charge in [0.05, 0.1) is 6.57 Å². The second kappa shape index (κ2) is 11.9. The fourth-order valence-corrected chi connectivity index (χ4v) is 5.07. The molecule has 5 rings (SSSR count). The zero-order valence-electron chi connectivity index (χ0n) is 20.9. The number of anilines is 3. The molecule has 0 saturated carbocycles. The SMILES string of the molecule is [C-]#[N+]/C(=C\c1ccc(-c2ccc(/C=C/c3ccc(N(c4ccccc4)c4ccccc4)cc3)s2)cc1)C(=O)O. The molecule has 0 fully saturated rings. The van der Waals surface area contributed by atoms with Gasteiger partial charge in [-0.3, -0.25) is 4.79 Å². The van der Waals surface area contributed by atoms with Gasteiger partial charge in [0.15, 0.2) is 0 Å². The molecule has 4 nitrogen and oxygen atoms in total. The Hall–Kier alpha value is -5.18. The maximum atomic E-state index is 11.1. The monoisotopic (exact) mass is 524 g/mol. The number of carboxylic acids is 1. The number of thiophene rings is 1. The molecule has 0 radical (unpaired) electrons. The summed E-state index contributed by atoms with van der Waals surface area (Å²) in [6.07, 6.45) is 5.60. The summed E-state index contributed by atoms with van der Waals surface area (Å²) in [7, 11) is 0. The van der Waals surface area contributed by atoms with Crippen molar-refractivity contribution in [2.24, 2.45) is 0 Å². The Labute approximate surface area is 231 Å². The molecule has 0 aliphatic carbocycles. The molecular weight excluding hydrogens is 500 g/mol. The molecule has 188 valence electrons. The maximum absolute atomic E-state index is 11.1. The first-order chi connectivity index (χ1) is 19.1. The predicted molar refractivity (Wildman–Crippen MR) is 162 cm³/mol. The van der Waals surface area contributed by atoms with E-state index in [9.17, 15) is 4.79 Å². The van der Waals surface area contributed by atoms with E-state index in [0.717, 1.165) is 37.9 Å². The largest absolute Gasteiger partial charge is 0.486 e. The Balaban J connectivity index is 1.31. The minimum Gasteiger partial charge on any atom is -0.486 e. The van der Waals surface area contributed by atoms with Gasteiger partial charge in [-0.2, -0.15) is 0 Å². The summed E-state index contributed by atoms with van der Waals surface area (Å²) in [5.74, 6) is -1.22. The average Bonchev–Trinajstić information content (AvgIpc) is 3.46. The Morgan fingerprint density at radius 1 is 0.692 bits per heavy atom. The van der Waals surface area contributed by atoms with E-state index >= 15 is 0 Å². The van der Waals surface area contributed by atoms with Crippen molar-refractivity contribution in [3.05, 3.63) is 154 Å². The molecule has 1 heterocycles. The fraction of sp³-hybridized carbons (Fsp3) is 0. The highest BCUT2D eigenvalue weighted by atomic mass is 32.1. The maximum Gasteiger partial charge on any atom is 0.333 e. The molecule has 0 aliphatic heterocycles. The van der Waals surface area contributed by atoms with Crippen molar-refractivity contribution in [2.75, 3.05) is 4.90 Å². The number of nitrogens with zero attached hydrogens (tertiary/aromatic N) is 2. The Morgan fingerprint density at radius 2 is 1.26 bits per heavy atom. The van der Waals surface area contributed by atoms with Crippen molar-refractivity contribution in [1.82, 2.24) is 0 Å². The molecule has 1 aromatic heterocycles. The van der Waals surface area contributed by atoms with Gasteiger partial charge >= 0.3 is 5.97 Å². The van der Waals surface area contributed by atoms with Crippen LogP contribution in [0.4, 0.5) is 17.1 Å². The van der Waals surface area contributed by atoms with Crippen molar-refractivity contribution < 1.29 is 9.90 Å². The predicted octanol–water partition coefficient (Wildman–Crippen LogP) is 9.40. The number of aliphatic carboxylic acids is 1. The summed E-state index contributed by atoms with van der Waals surface area (Å²) in [6, 6.07) is 40.9. The van der Waals surface area contributed by atoms with Crippen molar-refractivity contribution >= 4 is 52.6 Å². The molecule has 5 heteroatoms. The van der Waals surface area contributed by atoms with Gasteiger partial charge < -0.3 is 10.0 Å². The van der Waals surface area contributed by atoms with Gasteiger partial charge in [0.2, 0.25) is 0 Å². The lowest BCUT2D eigenvalue weighted by molar-refractivity contribution is -0.132. The lowest BCUT2D eigenvalue weighted by Gasteiger charge is -2.25. The third-order valence-electron chi connectivity index (χ3n) is 6.09. The van der Waals surface area contributed by atoms with E-state index in [2.05, 4.69) is 82.6 Å². The summed E-state index contributed by atoms with van der Waals surface area (Å²) in [6.45, 7) is 6.99. The summed E-state index contributed by atoms with van der Waals surface area (Å²) in [5, 5.41) is 9.05. The fourth-order valence-electron chi connectivity index (χ4n) is 4.16. The summed E-state index contributed by atoms with van der Waals surface area (Å²) in [5.41, 5.74) is 5.85. The molecule has 0 saturated heterocycles. The van der Waals surface area contributed by atoms with E-state index in [0.29, 0.717) is 5.56 Å². The lowest BCUT2D eigenvalue weighted by Crippen LogP contribution is -2.09. The highest BCUT2D eigenvalue weighted by molar-refractivity contribution is 7.16. The van der Waals surface area contributed by atoms with E-state index in [1.807, 2.05) is 60.7 Å². The van der Waals surface area contributed by atoms with Crippen LogP contribution in [-0.2, 0) is 4.79 Å². The van der Waals surface area contributed by atoms with Gasteiger partial charge in [-0.15, -0.1) is 11.3 Å². The smallest absolute Gasteiger partial charge is 0.333 e. The second-order valence-electron chi connectivity index (χ2n) is 8.70. The average molecular weight is 525 g/mol. The van der Waals surface area contributed by atoms with Crippen LogP contribution in [0.2, 0.25) is 0 Å². The van der Waals surface area contributed by atoms with E-state index in [1.165, 1.54) is 6.08 Å². The van der Waals surface area contributed by atoms with Crippen LogP contribution < -0.4 is 4.90 Å². The van der Waals surface area contributed by atoms with Crippen molar-refractivity contribution in [1.29, 1.82) is 0 Å². The zero-order valence-corrected chi connectivity index (χ0v) is 21.8. The Kier molecular flexibility index (Phi) is 7.78. The second-order valence-corrected chi connectivity index (χ2v) is 9.82. The van der Waals surface area contributed by atoms with E-state index in [4.69, 9.17) is 11.7 Å². The molecule has 0 atom stereocenters. The molecule has 39 heavy (non-hydrogen) atoms. The number of carboxylic acid groups (broad SMARTS) is 1. The van der Waals surface area contributed by atoms with Gasteiger partial charge in [-0.25, -0.2) is 4.85 Å². The van der Waals surface area contributed by atoms with Gasteiger partial charge in [-0.05, 0) is 77.4 Å². The number of rotatable bonds is 8. The molecule has 0 aliphatic rings. The molecule has 0 unspecified atom stereocenters. The van der Waals surface area contributed by atoms with Gasteiger partial charge in [0.1, 0.15) is 0 Å². The Morgan fingerprint density at radius 3 is 1.82 bits per heavy atom. The molecule has 1 N–H and O–H groups in total. The Bertz CT molecular complexity index is 1620. The highest BCUT2D eigenvalue weighted by Crippen LogP contribution is 2.34. The number of hydrogen-bond acceptors (Lipinski definition) is 3. The molecule has 0 amide bonds. The number of para-hydroxylation sites is 2. The molecule has 0 bridgehead atoms. The van der Waals surface area contributed by atoms with Crippen LogP contribution >= 0.6 is 11.3 Å². The molecule has 0 spiro atoms. The summed E-state index contributed by atoms with van der Waals surface area (Å²) < 4.78 is 0. The van der Waals surface area contributed by atoms with E-state index < -0.39 is 5.97 Å². The lowest BCUT2D eigenvalue weighted by atomic mass is 10.1. The first kappa shape index (κ1) is 25.5. The number of carbonyl (C=O) groups is 1. The molecular formula is C34H24N2O2S. The first-order valence-corrected chi connectivity index (χ1v) is 13.1. The molecule has 5 aromatic rings. The van der Waals surface area contributed by atoms with Crippen LogP contribution in [0.1, 0.15) is 16.0 Å². The minimum absolute atomic E-state index is 0.299. The summed E-state index contributed by atoms with van der Waals surface area (Å²) >= 11 is 1.68. The third kappa shape index (κ3) is 6.22. The number of benzene rings is 4. The van der Waals surface area contributed by atoms with Gasteiger partial charge in [0.25, 0.3) is 5.70 Å². The van der Waals surface area contributed by atoms with Gasteiger partial charge in [0, 0.05) is 26.8 Å². The number of hydrogen-bond donors (Lipinski definition) is 1. The quantitative estimate of drug-likeness (QED) is 0.162. The van der Waals surface area contributed by atoms with Crippen molar-refractivity contribution in [3.63, 3.8) is 0 Å². The van der Waals surface area contributed by atoms with Crippen molar-refractivity contribution in [3.8, 4) is 10.4 Å². The first-order valence-electron chi connectivity index (χ1n) is 12.3. The van der Waals surface area contributed by atoms with Crippen LogP contribution in [0.3, 0.4) is 0 Å². The topological polar surface area (TPSA) is 44.9 Å². The van der Waals surface area contributed by atoms with Crippen LogP contribution in [0.5, 0.6) is 0 Å². The van der Waals surface area contributed by atoms with E-state index in [1.54, 1.807) is 11.3 Å². The van der Waals surface area contributed by atoms with Crippen LogP contribution in [0, 0.1) is 6.57 Å². The molecule has 4 aromatic carbocycles. The standard InChI is InChI=1S/C34H24N2O2S/c1-35-32(34(37)38)24-26-12-17-27(18-13-26)33-23-22-31(39-33)21-16-25-14-19-30(20-15-25)36(28-8-4-2-5-9-28)29-10-6-3-7-11-29/h2-24H,(H,37,38)/b21-16+,32-24-. The van der Waals surface area contributed by atoms with Crippen molar-refractivity contribution in [2.45, 2.75) is 0 Å². The van der Waals surface area contributed by atoms with E-state index in [-0.39, 0.29) is 5.70 Å². The zero-order chi connectivity index (χ0) is 27.0. The normalized spacial score (nSPS) is 11.3. The minimum atomic E-state index is -1.22. The highest BCUT2D eigenvalue weighted by Gasteiger charge is 2.11. The summed E-state index contributed by atoms with van der Waals surface area (Å²) in [4.78, 5) is 18.6. The van der Waals surface area contributed by atoms with Crippen LogP contribution in [0.15, 0.2) is 127 Å².